The fraction of sp³-hybridized carbons (Fsp3) is 0.929. The van der Waals surface area contributed by atoms with Crippen LogP contribution in [0, 0.1) is 11.3 Å². The molecule has 4 nitrogen and oxygen atoms in total. The number of hydrogen-bond acceptors (Lipinski definition) is 4. The van der Waals surface area contributed by atoms with Gasteiger partial charge in [-0.1, -0.05) is 0 Å². The predicted molar refractivity (Wildman–Crippen MR) is 73.3 cm³/mol. The van der Waals surface area contributed by atoms with Crippen LogP contribution in [0.25, 0.3) is 0 Å². The van der Waals surface area contributed by atoms with Crippen LogP contribution in [0.2, 0.25) is 0 Å². The summed E-state index contributed by atoms with van der Waals surface area (Å²) in [6.45, 7) is 2.39. The van der Waals surface area contributed by atoms with Crippen molar-refractivity contribution in [1.29, 1.82) is 5.26 Å². The minimum absolute atomic E-state index is 0.261. The minimum Gasteiger partial charge on any atom is -0.306 e. The molecule has 1 aliphatic heterocycles. The molecule has 0 aromatic rings. The maximum Gasteiger partial charge on any atom is 0.108 e. The molecule has 2 aliphatic rings. The van der Waals surface area contributed by atoms with Gasteiger partial charge in [-0.15, -0.1) is 0 Å². The van der Waals surface area contributed by atoms with Crippen LogP contribution < -0.4 is 5.32 Å². The second-order valence-electron chi connectivity index (χ2n) is 6.07. The maximum absolute atomic E-state index is 9.31. The molecule has 1 saturated heterocycles. The van der Waals surface area contributed by atoms with Gasteiger partial charge in [-0.3, -0.25) is 0 Å². The first-order valence-electron chi connectivity index (χ1n) is 7.11. The highest BCUT2D eigenvalue weighted by atomic mass is 15.2. The van der Waals surface area contributed by atoms with Crippen molar-refractivity contribution in [2.45, 2.75) is 49.7 Å². The van der Waals surface area contributed by atoms with Crippen molar-refractivity contribution in [3.05, 3.63) is 0 Å². The summed E-state index contributed by atoms with van der Waals surface area (Å²) in [6, 6.07) is 3.83. The first-order chi connectivity index (χ1) is 8.60. The van der Waals surface area contributed by atoms with E-state index in [2.05, 4.69) is 35.3 Å². The highest BCUT2D eigenvalue weighted by Crippen LogP contribution is 2.33. The van der Waals surface area contributed by atoms with Gasteiger partial charge in [0.25, 0.3) is 0 Å². The zero-order valence-electron chi connectivity index (χ0n) is 11.9. The Morgan fingerprint density at radius 2 is 1.94 bits per heavy atom. The van der Waals surface area contributed by atoms with Crippen LogP contribution in [0.15, 0.2) is 0 Å². The van der Waals surface area contributed by atoms with Gasteiger partial charge in [0.1, 0.15) is 5.54 Å². The summed E-state index contributed by atoms with van der Waals surface area (Å²) in [5.41, 5.74) is -0.261. The van der Waals surface area contributed by atoms with Crippen LogP contribution in [-0.4, -0.2) is 61.7 Å². The lowest BCUT2D eigenvalue weighted by Gasteiger charge is -2.38. The number of rotatable bonds is 3. The number of likely N-dealkylation sites (tertiary alicyclic amines) is 1. The molecule has 2 atom stereocenters. The van der Waals surface area contributed by atoms with Crippen LogP contribution in [0.5, 0.6) is 0 Å². The van der Waals surface area contributed by atoms with Crippen molar-refractivity contribution in [2.75, 3.05) is 34.2 Å². The second-order valence-corrected chi connectivity index (χ2v) is 6.07. The van der Waals surface area contributed by atoms with Crippen molar-refractivity contribution >= 4 is 0 Å². The summed E-state index contributed by atoms with van der Waals surface area (Å²) in [4.78, 5) is 4.95. The minimum atomic E-state index is -0.261. The molecule has 2 rings (SSSR count). The lowest BCUT2D eigenvalue weighted by atomic mass is 9.98. The van der Waals surface area contributed by atoms with Gasteiger partial charge in [0, 0.05) is 12.1 Å². The Kier molecular flexibility index (Phi) is 4.26. The van der Waals surface area contributed by atoms with Crippen LogP contribution >= 0.6 is 0 Å². The highest BCUT2D eigenvalue weighted by molar-refractivity contribution is 5.13. The smallest absolute Gasteiger partial charge is 0.108 e. The summed E-state index contributed by atoms with van der Waals surface area (Å²) in [7, 11) is 6.28. The van der Waals surface area contributed by atoms with Crippen LogP contribution in [0.1, 0.15) is 32.1 Å². The van der Waals surface area contributed by atoms with E-state index in [1.54, 1.807) is 0 Å². The fourth-order valence-corrected chi connectivity index (χ4v) is 3.48. The van der Waals surface area contributed by atoms with E-state index in [4.69, 9.17) is 0 Å². The number of piperidine rings is 1. The van der Waals surface area contributed by atoms with Crippen LogP contribution in [0.4, 0.5) is 0 Å². The molecule has 0 aromatic heterocycles. The first-order valence-corrected chi connectivity index (χ1v) is 7.11. The third-order valence-corrected chi connectivity index (χ3v) is 4.93. The third-order valence-electron chi connectivity index (χ3n) is 4.93. The molecule has 102 valence electrons. The SMILES string of the molecule is CNC1(C#N)CCC(N2CCC(N(C)C)CC2)C1. The van der Waals surface area contributed by atoms with Crippen LogP contribution in [-0.2, 0) is 0 Å². The van der Waals surface area contributed by atoms with E-state index in [0.717, 1.165) is 18.9 Å². The molecule has 1 N–H and O–H groups in total. The van der Waals surface area contributed by atoms with Gasteiger partial charge in [0.2, 0.25) is 0 Å². The summed E-state index contributed by atoms with van der Waals surface area (Å²) in [5.74, 6) is 0. The van der Waals surface area contributed by atoms with E-state index in [1.165, 1.54) is 32.4 Å². The molecule has 18 heavy (non-hydrogen) atoms. The molecular weight excluding hydrogens is 224 g/mol. The first kappa shape index (κ1) is 13.8. The van der Waals surface area contributed by atoms with Gasteiger partial charge >= 0.3 is 0 Å². The monoisotopic (exact) mass is 250 g/mol. The largest absolute Gasteiger partial charge is 0.306 e. The summed E-state index contributed by atoms with van der Waals surface area (Å²) < 4.78 is 0. The van der Waals surface area contributed by atoms with Gasteiger partial charge in [0.05, 0.1) is 6.07 Å². The summed E-state index contributed by atoms with van der Waals surface area (Å²) in [5, 5.41) is 12.5. The van der Waals surface area contributed by atoms with E-state index < -0.39 is 0 Å². The second kappa shape index (κ2) is 5.56. The van der Waals surface area contributed by atoms with Gasteiger partial charge in [0.15, 0.2) is 0 Å². The molecule has 4 heteroatoms. The standard InChI is InChI=1S/C14H26N4/c1-16-14(11-15)7-4-13(10-14)18-8-5-12(6-9-18)17(2)3/h12-13,16H,4-10H2,1-3H3. The van der Waals surface area contributed by atoms with Crippen molar-refractivity contribution in [2.24, 2.45) is 0 Å². The Labute approximate surface area is 111 Å². The zero-order chi connectivity index (χ0) is 13.2. The fourth-order valence-electron chi connectivity index (χ4n) is 3.48. The Hall–Kier alpha value is -0.630. The highest BCUT2D eigenvalue weighted by Gasteiger charge is 2.41. The van der Waals surface area contributed by atoms with E-state index >= 15 is 0 Å². The van der Waals surface area contributed by atoms with Crippen molar-refractivity contribution in [3.63, 3.8) is 0 Å². The van der Waals surface area contributed by atoms with Gasteiger partial charge in [-0.2, -0.15) is 5.26 Å². The number of nitrogens with one attached hydrogen (secondary N) is 1. The van der Waals surface area contributed by atoms with E-state index in [-0.39, 0.29) is 5.54 Å². The lowest BCUT2D eigenvalue weighted by Crippen LogP contribution is -2.47. The molecular formula is C14H26N4. The molecule has 0 bridgehead atoms. The van der Waals surface area contributed by atoms with Crippen molar-refractivity contribution < 1.29 is 0 Å². The maximum atomic E-state index is 9.31. The quantitative estimate of drug-likeness (QED) is 0.813. The molecule has 2 unspecified atom stereocenters. The predicted octanol–water partition coefficient (Wildman–Crippen LogP) is 1.05. The molecule has 1 heterocycles. The van der Waals surface area contributed by atoms with E-state index in [1.807, 2.05) is 7.05 Å². The van der Waals surface area contributed by atoms with Gasteiger partial charge < -0.3 is 15.1 Å². The van der Waals surface area contributed by atoms with Crippen LogP contribution in [0.3, 0.4) is 0 Å². The van der Waals surface area contributed by atoms with Gasteiger partial charge in [-0.25, -0.2) is 0 Å². The molecule has 0 spiro atoms. The Morgan fingerprint density at radius 3 is 2.39 bits per heavy atom. The van der Waals surface area contributed by atoms with Crippen molar-refractivity contribution in [3.8, 4) is 6.07 Å². The molecule has 0 amide bonds. The number of nitrogens with zero attached hydrogens (tertiary/aromatic N) is 3. The third kappa shape index (κ3) is 2.69. The Morgan fingerprint density at radius 1 is 1.28 bits per heavy atom. The summed E-state index contributed by atoms with van der Waals surface area (Å²) >= 11 is 0. The van der Waals surface area contributed by atoms with Crippen molar-refractivity contribution in [1.82, 2.24) is 15.1 Å². The summed E-state index contributed by atoms with van der Waals surface area (Å²) in [6.07, 6.45) is 5.69. The molecule has 0 radical (unpaired) electrons. The van der Waals surface area contributed by atoms with E-state index in [9.17, 15) is 5.26 Å². The normalized spacial score (nSPS) is 34.9. The Bertz CT molecular complexity index is 314. The van der Waals surface area contributed by atoms with E-state index in [0.29, 0.717) is 6.04 Å². The van der Waals surface area contributed by atoms with Gasteiger partial charge in [-0.05, 0) is 66.3 Å². The zero-order valence-corrected chi connectivity index (χ0v) is 11.9. The Balaban J connectivity index is 1.87. The average molecular weight is 250 g/mol. The number of nitriles is 1. The molecule has 1 aliphatic carbocycles. The average Bonchev–Trinajstić information content (AvgIpc) is 2.84. The number of hydrogen-bond donors (Lipinski definition) is 1. The molecule has 2 fully saturated rings. The molecule has 0 aromatic carbocycles. The topological polar surface area (TPSA) is 42.3 Å². The lowest BCUT2D eigenvalue weighted by molar-refractivity contribution is 0.108. The molecule has 1 saturated carbocycles.